The maximum atomic E-state index is 12.7. The lowest BCUT2D eigenvalue weighted by molar-refractivity contribution is -0.112. The van der Waals surface area contributed by atoms with Gasteiger partial charge in [-0.3, -0.25) is 4.79 Å². The van der Waals surface area contributed by atoms with Crippen molar-refractivity contribution >= 4 is 41.1 Å². The monoisotopic (exact) mass is 342 g/mol. The van der Waals surface area contributed by atoms with Crippen molar-refractivity contribution in [2.24, 2.45) is 0 Å². The van der Waals surface area contributed by atoms with Crippen LogP contribution in [0.2, 0.25) is 10.0 Å². The summed E-state index contributed by atoms with van der Waals surface area (Å²) in [4.78, 5) is 12.7. The first-order valence-electron chi connectivity index (χ1n) is 7.60. The Labute approximate surface area is 146 Å². The van der Waals surface area contributed by atoms with Crippen LogP contribution in [-0.4, -0.2) is 5.78 Å². The summed E-state index contributed by atoms with van der Waals surface area (Å²) >= 11 is 12.4. The summed E-state index contributed by atoms with van der Waals surface area (Å²) in [7, 11) is 0. The largest absolute Gasteiger partial charge is 0.289 e. The van der Waals surface area contributed by atoms with E-state index in [0.29, 0.717) is 10.0 Å². The summed E-state index contributed by atoms with van der Waals surface area (Å²) in [6, 6.07) is 15.1. The van der Waals surface area contributed by atoms with Gasteiger partial charge < -0.3 is 0 Å². The second kappa shape index (κ2) is 7.16. The van der Waals surface area contributed by atoms with Crippen molar-refractivity contribution in [3.63, 3.8) is 0 Å². The molecule has 0 saturated heterocycles. The minimum absolute atomic E-state index is 0.0936. The molecule has 2 aromatic rings. The Morgan fingerprint density at radius 1 is 0.739 bits per heavy atom. The minimum atomic E-state index is 0.0936. The fraction of sp³-hybridized carbons (Fsp3) is 0.150. The van der Waals surface area contributed by atoms with E-state index in [4.69, 9.17) is 23.2 Å². The molecule has 0 bridgehead atoms. The van der Waals surface area contributed by atoms with Gasteiger partial charge in [0.1, 0.15) is 0 Å². The molecule has 0 heterocycles. The first-order valence-corrected chi connectivity index (χ1v) is 8.35. The third-order valence-corrected chi connectivity index (χ3v) is 4.63. The van der Waals surface area contributed by atoms with Crippen molar-refractivity contribution in [2.45, 2.75) is 19.3 Å². The van der Waals surface area contributed by atoms with Gasteiger partial charge in [0, 0.05) is 21.2 Å². The predicted octanol–water partition coefficient (Wildman–Crippen LogP) is 6.21. The van der Waals surface area contributed by atoms with Gasteiger partial charge in [-0.05, 0) is 54.7 Å². The Morgan fingerprint density at radius 3 is 1.61 bits per heavy atom. The van der Waals surface area contributed by atoms with Crippen LogP contribution in [0.5, 0.6) is 0 Å². The van der Waals surface area contributed by atoms with Gasteiger partial charge in [-0.2, -0.15) is 0 Å². The van der Waals surface area contributed by atoms with Crippen LogP contribution >= 0.6 is 23.2 Å². The zero-order valence-corrected chi connectivity index (χ0v) is 14.1. The Bertz CT molecular complexity index is 737. The third-order valence-electron chi connectivity index (χ3n) is 3.95. The average molecular weight is 343 g/mol. The second-order valence-corrected chi connectivity index (χ2v) is 6.38. The fourth-order valence-electron chi connectivity index (χ4n) is 2.74. The van der Waals surface area contributed by atoms with Crippen LogP contribution in [-0.2, 0) is 4.79 Å². The molecule has 0 N–H and O–H groups in total. The van der Waals surface area contributed by atoms with E-state index in [1.165, 1.54) is 0 Å². The van der Waals surface area contributed by atoms with E-state index in [-0.39, 0.29) is 5.78 Å². The number of halogens is 2. The molecular formula is C20H16Cl2O. The summed E-state index contributed by atoms with van der Waals surface area (Å²) in [6.07, 6.45) is 6.33. The van der Waals surface area contributed by atoms with Crippen LogP contribution < -0.4 is 0 Å². The lowest BCUT2D eigenvalue weighted by Gasteiger charge is -2.17. The van der Waals surface area contributed by atoms with Crippen molar-refractivity contribution in [2.75, 3.05) is 0 Å². The summed E-state index contributed by atoms with van der Waals surface area (Å²) < 4.78 is 0. The standard InChI is InChI=1S/C20H16Cl2O/c21-18-10-3-1-6-14(18)12-16-8-5-9-17(20(16)23)13-15-7-2-4-11-19(15)22/h1-4,6-7,10-13H,5,8-9H2/b16-12-,17-13-. The molecule has 1 fully saturated rings. The van der Waals surface area contributed by atoms with E-state index >= 15 is 0 Å². The molecule has 23 heavy (non-hydrogen) atoms. The quantitative estimate of drug-likeness (QED) is 0.592. The third kappa shape index (κ3) is 3.74. The van der Waals surface area contributed by atoms with E-state index in [9.17, 15) is 4.79 Å². The van der Waals surface area contributed by atoms with Gasteiger partial charge in [0.05, 0.1) is 0 Å². The van der Waals surface area contributed by atoms with Crippen LogP contribution in [0.15, 0.2) is 59.7 Å². The first kappa shape index (κ1) is 16.0. The normalized spacial score (nSPS) is 18.6. The molecule has 0 amide bonds. The van der Waals surface area contributed by atoms with Gasteiger partial charge in [-0.15, -0.1) is 0 Å². The van der Waals surface area contributed by atoms with Crippen molar-refractivity contribution < 1.29 is 4.79 Å². The molecule has 0 radical (unpaired) electrons. The van der Waals surface area contributed by atoms with Gasteiger partial charge in [0.25, 0.3) is 0 Å². The van der Waals surface area contributed by atoms with Crippen molar-refractivity contribution in [1.82, 2.24) is 0 Å². The predicted molar refractivity (Wildman–Crippen MR) is 97.7 cm³/mol. The number of rotatable bonds is 2. The van der Waals surface area contributed by atoms with E-state index < -0.39 is 0 Å². The molecule has 0 aliphatic heterocycles. The number of ketones is 1. The molecule has 3 rings (SSSR count). The highest BCUT2D eigenvalue weighted by Gasteiger charge is 2.21. The molecule has 1 aliphatic carbocycles. The number of Topliss-reactive ketones (excluding diaryl/α,β-unsaturated/α-hetero) is 1. The number of carbonyl (C=O) groups is 1. The Morgan fingerprint density at radius 2 is 1.17 bits per heavy atom. The number of benzene rings is 2. The van der Waals surface area contributed by atoms with Crippen molar-refractivity contribution in [3.05, 3.63) is 80.8 Å². The number of carbonyl (C=O) groups excluding carboxylic acids is 1. The lowest BCUT2D eigenvalue weighted by Crippen LogP contribution is -2.12. The van der Waals surface area contributed by atoms with Crippen molar-refractivity contribution in [1.29, 1.82) is 0 Å². The van der Waals surface area contributed by atoms with E-state index in [1.807, 2.05) is 60.7 Å². The molecule has 0 unspecified atom stereocenters. The SMILES string of the molecule is O=C1/C(=C\c2ccccc2Cl)CCC/C1=C/c1ccccc1Cl. The fourth-order valence-corrected chi connectivity index (χ4v) is 3.12. The van der Waals surface area contributed by atoms with E-state index in [1.54, 1.807) is 0 Å². The number of allylic oxidation sites excluding steroid dienone is 2. The molecular weight excluding hydrogens is 327 g/mol. The molecule has 2 aromatic carbocycles. The van der Waals surface area contributed by atoms with Crippen LogP contribution in [0.3, 0.4) is 0 Å². The van der Waals surface area contributed by atoms with Gasteiger partial charge in [-0.1, -0.05) is 59.6 Å². The van der Waals surface area contributed by atoms with Gasteiger partial charge >= 0.3 is 0 Å². The topological polar surface area (TPSA) is 17.1 Å². The smallest absolute Gasteiger partial charge is 0.185 e. The van der Waals surface area contributed by atoms with Crippen molar-refractivity contribution in [3.8, 4) is 0 Å². The molecule has 116 valence electrons. The summed E-state index contributed by atoms with van der Waals surface area (Å²) in [5, 5.41) is 1.32. The van der Waals surface area contributed by atoms with E-state index in [2.05, 4.69) is 0 Å². The van der Waals surface area contributed by atoms with E-state index in [0.717, 1.165) is 41.5 Å². The average Bonchev–Trinajstić information content (AvgIpc) is 2.55. The Balaban J connectivity index is 1.93. The minimum Gasteiger partial charge on any atom is -0.289 e. The lowest BCUT2D eigenvalue weighted by atomic mass is 9.87. The zero-order valence-electron chi connectivity index (χ0n) is 12.6. The van der Waals surface area contributed by atoms with Crippen LogP contribution in [0.25, 0.3) is 12.2 Å². The highest BCUT2D eigenvalue weighted by Crippen LogP contribution is 2.30. The molecule has 0 atom stereocenters. The van der Waals surface area contributed by atoms with Crippen LogP contribution in [0, 0.1) is 0 Å². The highest BCUT2D eigenvalue weighted by atomic mass is 35.5. The number of hydrogen-bond donors (Lipinski definition) is 0. The molecule has 1 nitrogen and oxygen atoms in total. The maximum Gasteiger partial charge on any atom is 0.185 e. The molecule has 0 aromatic heterocycles. The maximum absolute atomic E-state index is 12.7. The molecule has 3 heteroatoms. The molecule has 1 aliphatic rings. The first-order chi connectivity index (χ1) is 11.1. The van der Waals surface area contributed by atoms with Crippen LogP contribution in [0.4, 0.5) is 0 Å². The highest BCUT2D eigenvalue weighted by molar-refractivity contribution is 6.32. The number of hydrogen-bond acceptors (Lipinski definition) is 1. The van der Waals surface area contributed by atoms with Gasteiger partial charge in [-0.25, -0.2) is 0 Å². The Hall–Kier alpha value is -1.83. The zero-order chi connectivity index (χ0) is 16.2. The summed E-state index contributed by atoms with van der Waals surface area (Å²) in [6.45, 7) is 0. The van der Waals surface area contributed by atoms with Crippen LogP contribution in [0.1, 0.15) is 30.4 Å². The second-order valence-electron chi connectivity index (χ2n) is 5.56. The van der Waals surface area contributed by atoms with Gasteiger partial charge in [0.2, 0.25) is 0 Å². The summed E-state index contributed by atoms with van der Waals surface area (Å²) in [5.74, 6) is 0.0936. The summed E-state index contributed by atoms with van der Waals surface area (Å²) in [5.41, 5.74) is 3.39. The van der Waals surface area contributed by atoms with Gasteiger partial charge in [0.15, 0.2) is 5.78 Å². The molecule has 0 spiro atoms. The molecule has 1 saturated carbocycles. The Kier molecular flexibility index (Phi) is 5.00.